The number of fused-ring (bicyclic) bond motifs is 10. The van der Waals surface area contributed by atoms with Crippen LogP contribution in [0, 0.1) is 80.8 Å². The van der Waals surface area contributed by atoms with Gasteiger partial charge >= 0.3 is 5.97 Å². The van der Waals surface area contributed by atoms with Crippen molar-refractivity contribution in [1.82, 2.24) is 0 Å². The molecule has 8 aliphatic rings. The van der Waals surface area contributed by atoms with Crippen LogP contribution in [0.5, 0.6) is 0 Å². The van der Waals surface area contributed by atoms with Crippen molar-refractivity contribution in [3.05, 3.63) is 58.7 Å². The standard InChI is InChI=1S/C55H76O7/c1-6-23-55(61)27-22-43-41-15-14-37-29-39(56)19-26-54(37,44(41)21-25-52(43,55)4)33-36-12-10-35(11-13-36)8-7-28-62-40-20-24-51(3)38(30-40)31-47(57)50-45-17-16-42(34(2)9-18-49(59)60)53(45,5)48(58)32-46(50)51/h10-13,21,29,34,38,40-43,45-48,50,57-58,61H,7-9,14-20,22,24-28,30-33H2,1-5H3,(H,59,60)/t34-,38+,40+,41+,42-,43+,45+,46+,47-,48+,50+,51+,52+,53-,54-,55+/m1/s1. The topological polar surface area (TPSA) is 124 Å². The van der Waals surface area contributed by atoms with Crippen molar-refractivity contribution in [1.29, 1.82) is 0 Å². The predicted octanol–water partition coefficient (Wildman–Crippen LogP) is 9.83. The molecule has 0 bridgehead atoms. The summed E-state index contributed by atoms with van der Waals surface area (Å²) in [5, 5.41) is 45.0. The Morgan fingerprint density at radius 2 is 1.69 bits per heavy atom. The number of ketones is 1. The van der Waals surface area contributed by atoms with E-state index in [0.717, 1.165) is 109 Å². The SMILES string of the molecule is CC#C[C@]1(O)CC[C@H]2[C@@H]3CCC4=CC(=O)CC[C@]4(Cc4ccc(CCCO[C@H]5CC[C@@]6(C)[C@@H](C5)C[C@@H](O)[C@@H]5[C@@H]6C[C@H](O)[C@]6(C)[C@@H]([C@H](C)CCC(=O)O)CC[C@@H]56)cc4)C3=CC[C@@]21C. The van der Waals surface area contributed by atoms with Crippen molar-refractivity contribution < 1.29 is 34.8 Å². The van der Waals surface area contributed by atoms with Crippen LogP contribution in [0.1, 0.15) is 155 Å². The average molecular weight is 849 g/mol. The summed E-state index contributed by atoms with van der Waals surface area (Å²) in [4.78, 5) is 24.2. The lowest BCUT2D eigenvalue weighted by molar-refractivity contribution is -0.209. The molecular formula is C55H76O7. The fourth-order valence-corrected chi connectivity index (χ4v) is 16.9. The summed E-state index contributed by atoms with van der Waals surface area (Å²) in [7, 11) is 0. The number of aliphatic carboxylic acids is 1. The molecule has 9 rings (SSSR count). The Morgan fingerprint density at radius 1 is 0.919 bits per heavy atom. The molecule has 0 saturated heterocycles. The maximum absolute atomic E-state index is 12.8. The first-order chi connectivity index (χ1) is 29.6. The van der Waals surface area contributed by atoms with Crippen LogP contribution in [0.4, 0.5) is 0 Å². The number of ether oxygens (including phenoxy) is 1. The van der Waals surface area contributed by atoms with E-state index < -0.39 is 17.7 Å². The van der Waals surface area contributed by atoms with Crippen LogP contribution in [0.15, 0.2) is 47.6 Å². The number of aryl methyl sites for hydroxylation is 1. The number of carboxylic acids is 1. The number of hydrogen-bond acceptors (Lipinski definition) is 6. The van der Waals surface area contributed by atoms with Crippen molar-refractivity contribution in [2.24, 2.45) is 69.0 Å². The van der Waals surface area contributed by atoms with Crippen LogP contribution in [0.25, 0.3) is 0 Å². The number of aliphatic hydroxyl groups excluding tert-OH is 2. The Balaban J connectivity index is 0.799. The first-order valence-electron chi connectivity index (χ1n) is 24.9. The summed E-state index contributed by atoms with van der Waals surface area (Å²) >= 11 is 0. The molecule has 62 heavy (non-hydrogen) atoms. The second-order valence-electron chi connectivity index (χ2n) is 22.9. The molecule has 0 heterocycles. The first-order valence-corrected chi connectivity index (χ1v) is 24.9. The minimum atomic E-state index is -0.931. The molecule has 7 nitrogen and oxygen atoms in total. The molecule has 6 saturated carbocycles. The monoisotopic (exact) mass is 849 g/mol. The highest BCUT2D eigenvalue weighted by Gasteiger charge is 2.66. The van der Waals surface area contributed by atoms with Crippen molar-refractivity contribution in [3.8, 4) is 11.8 Å². The van der Waals surface area contributed by atoms with Crippen LogP contribution in [0.3, 0.4) is 0 Å². The van der Waals surface area contributed by atoms with E-state index in [0.29, 0.717) is 36.5 Å². The van der Waals surface area contributed by atoms with Gasteiger partial charge in [0.05, 0.1) is 18.3 Å². The Hall–Kier alpha value is -2.76. The summed E-state index contributed by atoms with van der Waals surface area (Å²) < 4.78 is 6.63. The van der Waals surface area contributed by atoms with E-state index in [1.54, 1.807) is 0 Å². The van der Waals surface area contributed by atoms with E-state index in [-0.39, 0.29) is 69.7 Å². The molecule has 0 aromatic heterocycles. The number of carboxylic acid groups (broad SMARTS) is 1. The highest BCUT2D eigenvalue weighted by Crippen LogP contribution is 2.69. The molecular weight excluding hydrogens is 773 g/mol. The number of carbonyl (C=O) groups excluding carboxylic acids is 1. The molecule has 1 aromatic carbocycles. The van der Waals surface area contributed by atoms with Crippen molar-refractivity contribution in [2.45, 2.75) is 181 Å². The smallest absolute Gasteiger partial charge is 0.303 e. The first kappa shape index (κ1) is 44.4. The van der Waals surface area contributed by atoms with Crippen molar-refractivity contribution >= 4 is 11.8 Å². The fourth-order valence-electron chi connectivity index (χ4n) is 16.9. The Labute approximate surface area is 372 Å². The van der Waals surface area contributed by atoms with E-state index in [4.69, 9.17) is 4.74 Å². The maximum Gasteiger partial charge on any atom is 0.303 e. The van der Waals surface area contributed by atoms with Crippen LogP contribution < -0.4 is 0 Å². The Bertz CT molecular complexity index is 2010. The number of benzene rings is 1. The molecule has 0 radical (unpaired) electrons. The van der Waals surface area contributed by atoms with Gasteiger partial charge in [0.1, 0.15) is 5.60 Å². The third-order valence-corrected chi connectivity index (χ3v) is 20.4. The Kier molecular flexibility index (Phi) is 11.9. The van der Waals surface area contributed by atoms with Gasteiger partial charge in [-0.1, -0.05) is 75.1 Å². The number of hydrogen-bond donors (Lipinski definition) is 4. The third kappa shape index (κ3) is 7.14. The second-order valence-corrected chi connectivity index (χ2v) is 22.9. The summed E-state index contributed by atoms with van der Waals surface area (Å²) in [5.74, 6) is 8.32. The van der Waals surface area contributed by atoms with E-state index in [9.17, 15) is 30.0 Å². The normalized spacial score (nSPS) is 44.8. The molecule has 1 aromatic rings. The lowest BCUT2D eigenvalue weighted by Crippen LogP contribution is -2.62. The molecule has 0 unspecified atom stereocenters. The van der Waals surface area contributed by atoms with Gasteiger partial charge in [-0.2, -0.15) is 0 Å². The predicted molar refractivity (Wildman–Crippen MR) is 242 cm³/mol. The zero-order chi connectivity index (χ0) is 43.8. The summed E-state index contributed by atoms with van der Waals surface area (Å²) in [6, 6.07) is 9.24. The van der Waals surface area contributed by atoms with Crippen LogP contribution in [-0.4, -0.2) is 62.7 Å². The Morgan fingerprint density at radius 3 is 2.45 bits per heavy atom. The van der Waals surface area contributed by atoms with Crippen LogP contribution in [-0.2, 0) is 27.2 Å². The number of allylic oxidation sites excluding steroid dienone is 4. The van der Waals surface area contributed by atoms with Gasteiger partial charge in [-0.3, -0.25) is 9.59 Å². The third-order valence-electron chi connectivity index (χ3n) is 20.4. The molecule has 16 atom stereocenters. The molecule has 6 fully saturated rings. The van der Waals surface area contributed by atoms with Crippen molar-refractivity contribution in [3.63, 3.8) is 0 Å². The van der Waals surface area contributed by atoms with Crippen LogP contribution >= 0.6 is 0 Å². The quantitative estimate of drug-likeness (QED) is 0.0994. The lowest BCUT2D eigenvalue weighted by atomic mass is 9.43. The van der Waals surface area contributed by atoms with Gasteiger partial charge < -0.3 is 25.2 Å². The van der Waals surface area contributed by atoms with Gasteiger partial charge in [-0.15, -0.1) is 5.92 Å². The maximum atomic E-state index is 12.8. The second kappa shape index (κ2) is 16.6. The number of carbonyl (C=O) groups is 2. The van der Waals surface area contributed by atoms with Gasteiger partial charge in [-0.05, 0) is 191 Å². The minimum Gasteiger partial charge on any atom is -0.481 e. The zero-order valence-electron chi connectivity index (χ0n) is 38.5. The molecule has 0 spiro atoms. The largest absolute Gasteiger partial charge is 0.481 e. The molecule has 0 amide bonds. The molecule has 8 aliphatic carbocycles. The van der Waals surface area contributed by atoms with Crippen LogP contribution in [0.2, 0.25) is 0 Å². The van der Waals surface area contributed by atoms with E-state index >= 15 is 0 Å². The molecule has 7 heteroatoms. The molecule has 338 valence electrons. The molecule has 0 aliphatic heterocycles. The summed E-state index contributed by atoms with van der Waals surface area (Å²) in [6.07, 6.45) is 20.3. The van der Waals surface area contributed by atoms with E-state index in [1.807, 2.05) is 13.0 Å². The zero-order valence-corrected chi connectivity index (χ0v) is 38.5. The highest BCUT2D eigenvalue weighted by molar-refractivity contribution is 5.92. The summed E-state index contributed by atoms with van der Waals surface area (Å²) in [5.41, 5.74) is 4.05. The average Bonchev–Trinajstić information content (AvgIpc) is 3.73. The fraction of sp³-hybridized carbons (Fsp3) is 0.745. The summed E-state index contributed by atoms with van der Waals surface area (Å²) in [6.45, 7) is 11.7. The van der Waals surface area contributed by atoms with E-state index in [2.05, 4.69) is 69.9 Å². The molecule has 4 N–H and O–H groups in total. The number of rotatable bonds is 11. The van der Waals surface area contributed by atoms with Gasteiger partial charge in [0.15, 0.2) is 5.78 Å². The highest BCUT2D eigenvalue weighted by atomic mass is 16.5. The van der Waals surface area contributed by atoms with Gasteiger partial charge in [0.25, 0.3) is 0 Å². The van der Waals surface area contributed by atoms with Gasteiger partial charge in [0.2, 0.25) is 0 Å². The number of aliphatic hydroxyl groups is 3. The van der Waals surface area contributed by atoms with E-state index in [1.165, 1.54) is 22.3 Å². The lowest BCUT2D eigenvalue weighted by Gasteiger charge is -2.63. The van der Waals surface area contributed by atoms with Crippen molar-refractivity contribution in [2.75, 3.05) is 6.61 Å². The minimum absolute atomic E-state index is 0.0857. The van der Waals surface area contributed by atoms with Gasteiger partial charge in [0, 0.05) is 30.3 Å². The van der Waals surface area contributed by atoms with Gasteiger partial charge in [-0.25, -0.2) is 0 Å².